The van der Waals surface area contributed by atoms with Gasteiger partial charge in [0.05, 0.1) is 12.0 Å². The Labute approximate surface area is 128 Å². The summed E-state index contributed by atoms with van der Waals surface area (Å²) < 4.78 is 31.5. The van der Waals surface area contributed by atoms with E-state index in [1.165, 1.54) is 6.07 Å². The summed E-state index contributed by atoms with van der Waals surface area (Å²) in [6.07, 6.45) is 2.65. The summed E-state index contributed by atoms with van der Waals surface area (Å²) in [5, 5.41) is 9.58. The molecule has 2 N–H and O–H groups in total. The van der Waals surface area contributed by atoms with Gasteiger partial charge in [0.25, 0.3) is 0 Å². The number of hydrogen-bond donors (Lipinski definition) is 2. The number of thioether (sulfide) groups is 1. The quantitative estimate of drug-likeness (QED) is 0.736. The maximum atomic E-state index is 12.2. The molecule has 0 radical (unpaired) electrons. The SMILES string of the molecule is COC(=O)c1cc(S(=O)(=O)NC(C)CCSC)ccc1O. The fourth-order valence-corrected chi connectivity index (χ4v) is 3.54. The number of nitrogens with one attached hydrogen (secondary N) is 1. The Morgan fingerprint density at radius 1 is 1.48 bits per heavy atom. The highest BCUT2D eigenvalue weighted by Crippen LogP contribution is 2.22. The highest BCUT2D eigenvalue weighted by molar-refractivity contribution is 7.98. The van der Waals surface area contributed by atoms with Crippen LogP contribution in [0.4, 0.5) is 0 Å². The highest BCUT2D eigenvalue weighted by atomic mass is 32.2. The van der Waals surface area contributed by atoms with Crippen LogP contribution in [0.3, 0.4) is 0 Å². The van der Waals surface area contributed by atoms with Crippen molar-refractivity contribution in [3.05, 3.63) is 23.8 Å². The number of carbonyl (C=O) groups excluding carboxylic acids is 1. The van der Waals surface area contributed by atoms with Crippen LogP contribution >= 0.6 is 11.8 Å². The normalized spacial score (nSPS) is 12.9. The van der Waals surface area contributed by atoms with Crippen LogP contribution in [-0.4, -0.2) is 44.7 Å². The molecule has 118 valence electrons. The number of benzene rings is 1. The van der Waals surface area contributed by atoms with Crippen molar-refractivity contribution >= 4 is 27.8 Å². The molecule has 0 fully saturated rings. The number of phenols is 1. The van der Waals surface area contributed by atoms with E-state index in [1.54, 1.807) is 18.7 Å². The molecule has 1 unspecified atom stereocenters. The first kappa shape index (κ1) is 17.8. The zero-order valence-electron chi connectivity index (χ0n) is 12.1. The van der Waals surface area contributed by atoms with E-state index in [4.69, 9.17) is 0 Å². The van der Waals surface area contributed by atoms with Crippen molar-refractivity contribution in [3.63, 3.8) is 0 Å². The average molecular weight is 333 g/mol. The molecule has 0 amide bonds. The summed E-state index contributed by atoms with van der Waals surface area (Å²) >= 11 is 1.63. The van der Waals surface area contributed by atoms with Gasteiger partial charge in [-0.1, -0.05) is 0 Å². The number of ether oxygens (including phenoxy) is 1. The summed E-state index contributed by atoms with van der Waals surface area (Å²) in [5.74, 6) is -0.275. The molecule has 1 aromatic rings. The minimum Gasteiger partial charge on any atom is -0.507 e. The fraction of sp³-hybridized carbons (Fsp3) is 0.462. The molecule has 0 spiro atoms. The zero-order chi connectivity index (χ0) is 16.0. The maximum Gasteiger partial charge on any atom is 0.341 e. The third kappa shape index (κ3) is 4.90. The predicted octanol–water partition coefficient (Wildman–Crippen LogP) is 1.60. The van der Waals surface area contributed by atoms with Crippen molar-refractivity contribution in [2.75, 3.05) is 19.1 Å². The minimum absolute atomic E-state index is 0.0864. The number of esters is 1. The number of aromatic hydroxyl groups is 1. The summed E-state index contributed by atoms with van der Waals surface area (Å²) in [6, 6.07) is 3.28. The lowest BCUT2D eigenvalue weighted by Gasteiger charge is -2.14. The van der Waals surface area contributed by atoms with Gasteiger partial charge < -0.3 is 9.84 Å². The monoisotopic (exact) mass is 333 g/mol. The molecule has 0 aliphatic carbocycles. The van der Waals surface area contributed by atoms with E-state index in [9.17, 15) is 18.3 Å². The van der Waals surface area contributed by atoms with Gasteiger partial charge in [0.15, 0.2) is 0 Å². The lowest BCUT2D eigenvalue weighted by molar-refractivity contribution is 0.0597. The summed E-state index contributed by atoms with van der Waals surface area (Å²) in [7, 11) is -2.59. The molecule has 0 aromatic heterocycles. The van der Waals surface area contributed by atoms with Gasteiger partial charge in [0, 0.05) is 6.04 Å². The first-order chi connectivity index (χ1) is 9.81. The van der Waals surface area contributed by atoms with E-state index >= 15 is 0 Å². The Balaban J connectivity index is 3.01. The Kier molecular flexibility index (Phi) is 6.50. The number of carbonyl (C=O) groups is 1. The molecule has 21 heavy (non-hydrogen) atoms. The number of methoxy groups -OCH3 is 1. The predicted molar refractivity (Wildman–Crippen MR) is 82.2 cm³/mol. The van der Waals surface area contributed by atoms with E-state index in [0.29, 0.717) is 6.42 Å². The number of sulfonamides is 1. The lowest BCUT2D eigenvalue weighted by atomic mass is 10.2. The molecule has 0 aliphatic rings. The smallest absolute Gasteiger partial charge is 0.341 e. The Morgan fingerprint density at radius 2 is 2.14 bits per heavy atom. The molecule has 1 rings (SSSR count). The molecule has 6 nitrogen and oxygen atoms in total. The van der Waals surface area contributed by atoms with Crippen LogP contribution in [0.1, 0.15) is 23.7 Å². The molecule has 0 saturated carbocycles. The van der Waals surface area contributed by atoms with Crippen LogP contribution < -0.4 is 4.72 Å². The molecule has 0 saturated heterocycles. The van der Waals surface area contributed by atoms with E-state index < -0.39 is 16.0 Å². The van der Waals surface area contributed by atoms with Crippen molar-refractivity contribution in [3.8, 4) is 5.75 Å². The fourth-order valence-electron chi connectivity index (χ4n) is 1.64. The second kappa shape index (κ2) is 7.67. The van der Waals surface area contributed by atoms with E-state index in [1.807, 2.05) is 6.26 Å². The molecule has 0 heterocycles. The van der Waals surface area contributed by atoms with Crippen molar-refractivity contribution < 1.29 is 23.1 Å². The zero-order valence-corrected chi connectivity index (χ0v) is 13.8. The van der Waals surface area contributed by atoms with Gasteiger partial charge in [0.1, 0.15) is 11.3 Å². The van der Waals surface area contributed by atoms with E-state index in [-0.39, 0.29) is 22.3 Å². The van der Waals surface area contributed by atoms with Gasteiger partial charge in [-0.3, -0.25) is 0 Å². The Morgan fingerprint density at radius 3 is 2.71 bits per heavy atom. The van der Waals surface area contributed by atoms with Crippen molar-refractivity contribution in [2.24, 2.45) is 0 Å². The molecule has 0 bridgehead atoms. The van der Waals surface area contributed by atoms with Crippen molar-refractivity contribution in [2.45, 2.75) is 24.3 Å². The lowest BCUT2D eigenvalue weighted by Crippen LogP contribution is -2.33. The topological polar surface area (TPSA) is 92.7 Å². The summed E-state index contributed by atoms with van der Waals surface area (Å²) in [6.45, 7) is 1.77. The second-order valence-corrected chi connectivity index (χ2v) is 7.17. The molecular formula is C13H19NO5S2. The standard InChI is InChI=1S/C13H19NO5S2/c1-9(6-7-20-3)14-21(17,18)10-4-5-12(15)11(8-10)13(16)19-2/h4-5,8-9,14-15H,6-7H2,1-3H3. The van der Waals surface area contributed by atoms with Crippen molar-refractivity contribution in [1.29, 1.82) is 0 Å². The maximum absolute atomic E-state index is 12.2. The van der Waals surface area contributed by atoms with Gasteiger partial charge in [-0.2, -0.15) is 11.8 Å². The minimum atomic E-state index is -3.75. The first-order valence-corrected chi connectivity index (χ1v) is 9.12. The Hall–Kier alpha value is -1.25. The van der Waals surface area contributed by atoms with Gasteiger partial charge in [-0.25, -0.2) is 17.9 Å². The highest BCUT2D eigenvalue weighted by Gasteiger charge is 2.21. The van der Waals surface area contributed by atoms with Gasteiger partial charge in [0.2, 0.25) is 10.0 Å². The number of rotatable bonds is 7. The third-order valence-corrected chi connectivity index (χ3v) is 5.03. The van der Waals surface area contributed by atoms with Crippen molar-refractivity contribution in [1.82, 2.24) is 4.72 Å². The molecule has 0 aliphatic heterocycles. The van der Waals surface area contributed by atoms with Crippen LogP contribution in [0.2, 0.25) is 0 Å². The number of phenolic OH excluding ortho intramolecular Hbond substituents is 1. The van der Waals surface area contributed by atoms with E-state index in [2.05, 4.69) is 9.46 Å². The summed E-state index contributed by atoms with van der Waals surface area (Å²) in [5.41, 5.74) is -0.183. The second-order valence-electron chi connectivity index (χ2n) is 4.47. The van der Waals surface area contributed by atoms with Crippen LogP contribution in [0, 0.1) is 0 Å². The van der Waals surface area contributed by atoms with Gasteiger partial charge in [-0.05, 0) is 43.6 Å². The van der Waals surface area contributed by atoms with E-state index in [0.717, 1.165) is 25.0 Å². The van der Waals surface area contributed by atoms with Gasteiger partial charge in [-0.15, -0.1) is 0 Å². The average Bonchev–Trinajstić information content (AvgIpc) is 2.44. The van der Waals surface area contributed by atoms with Crippen LogP contribution in [0.25, 0.3) is 0 Å². The number of hydrogen-bond acceptors (Lipinski definition) is 6. The molecule has 1 atom stereocenters. The van der Waals surface area contributed by atoms with Crippen LogP contribution in [-0.2, 0) is 14.8 Å². The Bertz CT molecular complexity index is 601. The largest absolute Gasteiger partial charge is 0.507 e. The summed E-state index contributed by atoms with van der Waals surface area (Å²) in [4.78, 5) is 11.4. The third-order valence-electron chi connectivity index (χ3n) is 2.79. The molecule has 1 aromatic carbocycles. The first-order valence-electron chi connectivity index (χ1n) is 6.24. The molecular weight excluding hydrogens is 314 g/mol. The van der Waals surface area contributed by atoms with Gasteiger partial charge >= 0.3 is 5.97 Å². The molecule has 8 heteroatoms. The van der Waals surface area contributed by atoms with Crippen LogP contribution in [0.15, 0.2) is 23.1 Å². The van der Waals surface area contributed by atoms with Crippen LogP contribution in [0.5, 0.6) is 5.75 Å².